The number of carbonyl (C=O) groups excluding carboxylic acids is 1. The molecule has 1 fully saturated rings. The van der Waals surface area contributed by atoms with Crippen molar-refractivity contribution in [2.75, 3.05) is 20.2 Å². The molecule has 34 heavy (non-hydrogen) atoms. The minimum atomic E-state index is -4.52. The third-order valence-corrected chi connectivity index (χ3v) is 7.00. The summed E-state index contributed by atoms with van der Waals surface area (Å²) in [4.78, 5) is 19.0. The Balaban J connectivity index is 1.36. The lowest BCUT2D eigenvalue weighted by Gasteiger charge is -2.38. The van der Waals surface area contributed by atoms with E-state index in [4.69, 9.17) is 16.3 Å². The van der Waals surface area contributed by atoms with E-state index in [1.54, 1.807) is 31.5 Å². The molecule has 0 unspecified atom stereocenters. The summed E-state index contributed by atoms with van der Waals surface area (Å²) in [6, 6.07) is 9.15. The van der Waals surface area contributed by atoms with E-state index in [2.05, 4.69) is 10.1 Å². The van der Waals surface area contributed by atoms with Crippen molar-refractivity contribution in [3.8, 4) is 0 Å². The van der Waals surface area contributed by atoms with Gasteiger partial charge in [-0.25, -0.2) is 0 Å². The Labute approximate surface area is 202 Å². The Bertz CT molecular complexity index is 1350. The van der Waals surface area contributed by atoms with Gasteiger partial charge in [0.25, 0.3) is 5.91 Å². The lowest BCUT2D eigenvalue weighted by Crippen LogP contribution is -2.53. The molecule has 0 aliphatic carbocycles. The number of aliphatic imine (C=N–C) groups is 1. The smallest absolute Gasteiger partial charge is 0.378 e. The van der Waals surface area contributed by atoms with Gasteiger partial charge < -0.3 is 9.64 Å². The first-order valence-electron chi connectivity index (χ1n) is 10.3. The molecule has 3 heterocycles. The van der Waals surface area contributed by atoms with Crippen molar-refractivity contribution in [3.63, 3.8) is 0 Å². The number of ether oxygens (including phenoxy) is 1. The predicted octanol–water partition coefficient (Wildman–Crippen LogP) is 5.06. The van der Waals surface area contributed by atoms with Crippen LogP contribution in [-0.2, 0) is 22.3 Å². The largest absolute Gasteiger partial charge is 0.416 e. The van der Waals surface area contributed by atoms with Crippen LogP contribution in [0, 0.1) is 0 Å². The number of rotatable bonds is 4. The van der Waals surface area contributed by atoms with E-state index in [-0.39, 0.29) is 29.1 Å². The van der Waals surface area contributed by atoms with Crippen molar-refractivity contribution >= 4 is 51.4 Å². The van der Waals surface area contributed by atoms with Gasteiger partial charge in [0.2, 0.25) is 0 Å². The summed E-state index contributed by atoms with van der Waals surface area (Å²) in [6.07, 6.45) is -1.01. The summed E-state index contributed by atoms with van der Waals surface area (Å²) in [7, 11) is 1.66. The maximum absolute atomic E-state index is 13.4. The van der Waals surface area contributed by atoms with E-state index in [9.17, 15) is 18.0 Å². The van der Waals surface area contributed by atoms with Gasteiger partial charge in [0.1, 0.15) is 0 Å². The molecule has 1 amide bonds. The molecule has 1 aromatic heterocycles. The fraction of sp³-hybridized carbons (Fsp3) is 0.261. The topological polar surface area (TPSA) is 59.7 Å². The highest BCUT2D eigenvalue weighted by molar-refractivity contribution is 8.18. The molecular weight excluding hydrogens is 489 g/mol. The summed E-state index contributed by atoms with van der Waals surface area (Å²) in [5.41, 5.74) is 0.753. The van der Waals surface area contributed by atoms with E-state index in [0.717, 1.165) is 17.0 Å². The van der Waals surface area contributed by atoms with E-state index in [1.165, 1.54) is 28.6 Å². The van der Waals surface area contributed by atoms with Crippen LogP contribution in [-0.4, -0.2) is 52.1 Å². The molecule has 1 saturated heterocycles. The van der Waals surface area contributed by atoms with Crippen LogP contribution in [0.4, 0.5) is 13.2 Å². The van der Waals surface area contributed by atoms with E-state index < -0.39 is 11.7 Å². The quantitative estimate of drug-likeness (QED) is 0.463. The number of carbonyl (C=O) groups is 1. The Morgan fingerprint density at radius 2 is 2.03 bits per heavy atom. The normalized spacial score (nSPS) is 18.1. The van der Waals surface area contributed by atoms with E-state index in [0.29, 0.717) is 28.7 Å². The lowest BCUT2D eigenvalue weighted by molar-refractivity contribution is -0.138. The number of hydrogen-bond donors (Lipinski definition) is 0. The number of amidine groups is 1. The predicted molar refractivity (Wildman–Crippen MR) is 126 cm³/mol. The number of likely N-dealkylation sites (tertiary alicyclic amines) is 1. The second kappa shape index (κ2) is 8.75. The lowest BCUT2D eigenvalue weighted by atomic mass is 10.1. The van der Waals surface area contributed by atoms with Crippen LogP contribution < -0.4 is 0 Å². The number of fused-ring (bicyclic) bond motifs is 1. The second-order valence-electron chi connectivity index (χ2n) is 7.99. The van der Waals surface area contributed by atoms with Crippen LogP contribution in [0.15, 0.2) is 52.5 Å². The van der Waals surface area contributed by atoms with Crippen molar-refractivity contribution < 1.29 is 22.7 Å². The van der Waals surface area contributed by atoms with Gasteiger partial charge >= 0.3 is 6.18 Å². The number of alkyl halides is 3. The van der Waals surface area contributed by atoms with Crippen LogP contribution in [0.1, 0.15) is 16.7 Å². The Morgan fingerprint density at radius 3 is 2.76 bits per heavy atom. The van der Waals surface area contributed by atoms with Crippen LogP contribution in [0.25, 0.3) is 17.0 Å². The number of benzene rings is 2. The van der Waals surface area contributed by atoms with E-state index in [1.807, 2.05) is 11.0 Å². The van der Waals surface area contributed by atoms with Crippen LogP contribution in [0.2, 0.25) is 5.02 Å². The summed E-state index contributed by atoms with van der Waals surface area (Å²) < 4.78 is 47.1. The third kappa shape index (κ3) is 4.45. The third-order valence-electron chi connectivity index (χ3n) is 5.72. The second-order valence-corrected chi connectivity index (χ2v) is 9.44. The standard InChI is InChI=1S/C23H18ClF3N4O2S/c1-33-17-11-30(12-17)22-29-21(32)20(34-22)7-13-2-5-19-15(6-13)9-28-31(19)10-14-3-4-16(24)8-18(14)23(25,26)27/h2-9,17H,10-12H2,1H3. The average Bonchev–Trinajstić information content (AvgIpc) is 3.31. The average molecular weight is 507 g/mol. The van der Waals surface area contributed by atoms with Crippen LogP contribution in [0.5, 0.6) is 0 Å². The van der Waals surface area contributed by atoms with Crippen molar-refractivity contribution in [2.24, 2.45) is 4.99 Å². The molecule has 5 rings (SSSR count). The number of aromatic nitrogens is 2. The summed E-state index contributed by atoms with van der Waals surface area (Å²) >= 11 is 7.10. The first-order valence-corrected chi connectivity index (χ1v) is 11.5. The highest BCUT2D eigenvalue weighted by atomic mass is 35.5. The first-order chi connectivity index (χ1) is 16.2. The molecule has 2 aliphatic rings. The Kier molecular flexibility index (Phi) is 5.91. The number of thioether (sulfide) groups is 1. The number of amides is 1. The van der Waals surface area contributed by atoms with Gasteiger partial charge in [-0.3, -0.25) is 9.48 Å². The molecule has 0 bridgehead atoms. The fourth-order valence-electron chi connectivity index (χ4n) is 3.86. The molecule has 0 N–H and O–H groups in total. The Hall–Kier alpha value is -2.82. The minimum Gasteiger partial charge on any atom is -0.378 e. The molecular formula is C23H18ClF3N4O2S. The summed E-state index contributed by atoms with van der Waals surface area (Å²) in [5, 5.41) is 5.72. The molecule has 176 valence electrons. The summed E-state index contributed by atoms with van der Waals surface area (Å²) in [6.45, 7) is 1.36. The van der Waals surface area contributed by atoms with Crippen LogP contribution >= 0.6 is 23.4 Å². The van der Waals surface area contributed by atoms with Gasteiger partial charge in [-0.15, -0.1) is 0 Å². The maximum atomic E-state index is 13.4. The molecule has 0 spiro atoms. The van der Waals surface area contributed by atoms with Gasteiger partial charge in [-0.05, 0) is 53.2 Å². The Morgan fingerprint density at radius 1 is 1.24 bits per heavy atom. The van der Waals surface area contributed by atoms with Gasteiger partial charge in [-0.1, -0.05) is 23.7 Å². The molecule has 0 atom stereocenters. The maximum Gasteiger partial charge on any atom is 0.416 e. The molecule has 6 nitrogen and oxygen atoms in total. The van der Waals surface area contributed by atoms with Crippen molar-refractivity contribution in [3.05, 3.63) is 69.2 Å². The number of nitrogens with zero attached hydrogens (tertiary/aromatic N) is 4. The van der Waals surface area contributed by atoms with Gasteiger partial charge in [-0.2, -0.15) is 23.3 Å². The van der Waals surface area contributed by atoms with Crippen molar-refractivity contribution in [2.45, 2.75) is 18.8 Å². The van der Waals surface area contributed by atoms with Crippen molar-refractivity contribution in [1.82, 2.24) is 14.7 Å². The highest BCUT2D eigenvalue weighted by Crippen LogP contribution is 2.35. The molecule has 11 heteroatoms. The van der Waals surface area contributed by atoms with Crippen LogP contribution in [0.3, 0.4) is 0 Å². The minimum absolute atomic E-state index is 0.0261. The van der Waals surface area contributed by atoms with Crippen molar-refractivity contribution in [1.29, 1.82) is 0 Å². The summed E-state index contributed by atoms with van der Waals surface area (Å²) in [5.74, 6) is -0.293. The molecule has 2 aliphatic heterocycles. The molecule has 0 saturated carbocycles. The SMILES string of the molecule is COC1CN(C2=NC(=O)C(=Cc3ccc4c(cnn4Cc4ccc(Cl)cc4C(F)(F)F)c3)S2)C1. The zero-order valence-corrected chi connectivity index (χ0v) is 19.4. The van der Waals surface area contributed by atoms with Gasteiger partial charge in [0.05, 0.1) is 34.8 Å². The highest BCUT2D eigenvalue weighted by Gasteiger charge is 2.35. The number of halogens is 4. The molecule has 0 radical (unpaired) electrons. The zero-order chi connectivity index (χ0) is 24.0. The number of hydrogen-bond acceptors (Lipinski definition) is 5. The van der Waals surface area contributed by atoms with Gasteiger partial charge in [0, 0.05) is 30.6 Å². The monoisotopic (exact) mass is 506 g/mol. The molecule has 2 aromatic carbocycles. The fourth-order valence-corrected chi connectivity index (χ4v) is 4.96. The molecule has 3 aromatic rings. The van der Waals surface area contributed by atoms with E-state index >= 15 is 0 Å². The van der Waals surface area contributed by atoms with Gasteiger partial charge in [0.15, 0.2) is 5.17 Å². The first kappa shape index (κ1) is 22.9. The zero-order valence-electron chi connectivity index (χ0n) is 17.8. The number of methoxy groups -OCH3 is 1.